The molecule has 0 saturated heterocycles. The molecular formula is C47H96N2O3. The summed E-state index contributed by atoms with van der Waals surface area (Å²) in [7, 11) is 1.76. The molecule has 0 radical (unpaired) electrons. The van der Waals surface area contributed by atoms with E-state index in [-0.39, 0.29) is 34.2 Å². The van der Waals surface area contributed by atoms with Crippen LogP contribution in [-0.2, 0) is 9.47 Å². The molecule has 2 N–H and O–H groups in total. The van der Waals surface area contributed by atoms with Gasteiger partial charge in [0, 0.05) is 18.7 Å². The van der Waals surface area contributed by atoms with Gasteiger partial charge in [-0.2, -0.15) is 0 Å². The molecule has 5 nitrogen and oxygen atoms in total. The van der Waals surface area contributed by atoms with E-state index in [1.165, 1.54) is 154 Å². The lowest BCUT2D eigenvalue weighted by Crippen LogP contribution is -2.53. The highest BCUT2D eigenvalue weighted by Crippen LogP contribution is 2.37. The van der Waals surface area contributed by atoms with Gasteiger partial charge in [-0.15, -0.1) is 0 Å². The van der Waals surface area contributed by atoms with Gasteiger partial charge in [-0.25, -0.2) is 4.79 Å². The second-order valence-electron chi connectivity index (χ2n) is 19.4. The van der Waals surface area contributed by atoms with Crippen molar-refractivity contribution in [2.45, 2.75) is 278 Å². The van der Waals surface area contributed by atoms with E-state index in [2.05, 4.69) is 79.9 Å². The highest BCUT2D eigenvalue weighted by Gasteiger charge is 2.35. The maximum atomic E-state index is 13.5. The minimum absolute atomic E-state index is 0.000556. The number of ether oxygens (including phenoxy) is 2. The van der Waals surface area contributed by atoms with Crippen LogP contribution < -0.4 is 10.6 Å². The molecule has 52 heavy (non-hydrogen) atoms. The molecular weight excluding hydrogens is 641 g/mol. The first-order valence-electron chi connectivity index (χ1n) is 22.8. The molecule has 0 atom stereocenters. The zero-order valence-corrected chi connectivity index (χ0v) is 37.5. The van der Waals surface area contributed by atoms with Crippen molar-refractivity contribution in [2.75, 3.05) is 13.7 Å². The lowest BCUT2D eigenvalue weighted by molar-refractivity contribution is -0.0763. The molecule has 0 fully saturated rings. The third kappa shape index (κ3) is 32.6. The van der Waals surface area contributed by atoms with Crippen LogP contribution in [0.15, 0.2) is 0 Å². The minimum Gasteiger partial charge on any atom is -0.379 e. The smallest absolute Gasteiger partial charge is 0.315 e. The van der Waals surface area contributed by atoms with Gasteiger partial charge in [0.15, 0.2) is 0 Å². The van der Waals surface area contributed by atoms with Crippen molar-refractivity contribution in [2.24, 2.45) is 5.41 Å². The number of hydrogen-bond acceptors (Lipinski definition) is 3. The zero-order valence-electron chi connectivity index (χ0n) is 37.5. The number of carbonyl (C=O) groups excluding carboxylic acids is 1. The Hall–Kier alpha value is -0.810. The zero-order chi connectivity index (χ0) is 39.2. The standard InChI is InChI=1S/C47H96N2O3/c1-12-14-16-18-20-22-24-26-28-30-32-34-36-42(37-35-33-31-29-27-25-23-21-19-17-15-13-2)48-43(50)49-45(5,6)40-44(3,4)41-47(9,10)52-39-38-46(7,8)51-11/h42H,12-41H2,1-11H3,(H2,48,49,50). The average Bonchev–Trinajstić information content (AvgIpc) is 3.03. The molecule has 0 rings (SSSR count). The summed E-state index contributed by atoms with van der Waals surface area (Å²) >= 11 is 0. The summed E-state index contributed by atoms with van der Waals surface area (Å²) in [6, 6.07) is 0.264. The van der Waals surface area contributed by atoms with Crippen LogP contribution in [0, 0.1) is 5.41 Å². The van der Waals surface area contributed by atoms with E-state index in [4.69, 9.17) is 9.47 Å². The Morgan fingerprint density at radius 2 is 0.885 bits per heavy atom. The lowest BCUT2D eigenvalue weighted by Gasteiger charge is -2.40. The van der Waals surface area contributed by atoms with E-state index in [1.807, 2.05) is 0 Å². The van der Waals surface area contributed by atoms with Crippen molar-refractivity contribution < 1.29 is 14.3 Å². The Morgan fingerprint density at radius 1 is 0.519 bits per heavy atom. The summed E-state index contributed by atoms with van der Waals surface area (Å²) in [6.45, 7) is 22.8. The monoisotopic (exact) mass is 737 g/mol. The van der Waals surface area contributed by atoms with Crippen molar-refractivity contribution in [1.82, 2.24) is 10.6 Å². The van der Waals surface area contributed by atoms with Crippen LogP contribution in [0.3, 0.4) is 0 Å². The second kappa shape index (κ2) is 30.4. The molecule has 2 amide bonds. The van der Waals surface area contributed by atoms with Crippen LogP contribution in [0.5, 0.6) is 0 Å². The fourth-order valence-corrected chi connectivity index (χ4v) is 8.46. The number of hydrogen-bond donors (Lipinski definition) is 2. The van der Waals surface area contributed by atoms with E-state index in [9.17, 15) is 4.79 Å². The van der Waals surface area contributed by atoms with Crippen molar-refractivity contribution in [3.8, 4) is 0 Å². The maximum absolute atomic E-state index is 13.5. The van der Waals surface area contributed by atoms with Gasteiger partial charge in [-0.1, -0.05) is 182 Å². The molecule has 0 aliphatic rings. The van der Waals surface area contributed by atoms with Gasteiger partial charge in [-0.3, -0.25) is 0 Å². The van der Waals surface area contributed by atoms with E-state index in [1.54, 1.807) is 7.11 Å². The summed E-state index contributed by atoms with van der Waals surface area (Å²) in [6.07, 6.45) is 37.6. The third-order valence-electron chi connectivity index (χ3n) is 11.2. The number of methoxy groups -OCH3 is 1. The van der Waals surface area contributed by atoms with E-state index >= 15 is 0 Å². The molecule has 0 bridgehead atoms. The third-order valence-corrected chi connectivity index (χ3v) is 11.2. The molecule has 0 aromatic rings. The Labute approximate surface area is 327 Å². The van der Waals surface area contributed by atoms with E-state index < -0.39 is 0 Å². The molecule has 0 spiro atoms. The highest BCUT2D eigenvalue weighted by atomic mass is 16.5. The van der Waals surface area contributed by atoms with Crippen molar-refractivity contribution in [3.05, 3.63) is 0 Å². The van der Waals surface area contributed by atoms with Crippen LogP contribution in [0.2, 0.25) is 0 Å². The predicted molar refractivity (Wildman–Crippen MR) is 230 cm³/mol. The maximum Gasteiger partial charge on any atom is 0.315 e. The van der Waals surface area contributed by atoms with Crippen LogP contribution in [0.25, 0.3) is 0 Å². The number of amides is 2. The molecule has 5 heteroatoms. The molecule has 0 unspecified atom stereocenters. The fourth-order valence-electron chi connectivity index (χ4n) is 8.46. The topological polar surface area (TPSA) is 59.6 Å². The molecule has 312 valence electrons. The number of rotatable bonds is 37. The Morgan fingerprint density at radius 3 is 1.25 bits per heavy atom. The first-order valence-corrected chi connectivity index (χ1v) is 22.8. The van der Waals surface area contributed by atoms with Crippen molar-refractivity contribution in [3.63, 3.8) is 0 Å². The number of urea groups is 1. The molecule has 0 aromatic heterocycles. The Balaban J connectivity index is 4.79. The number of unbranched alkanes of at least 4 members (excludes halogenated alkanes) is 22. The van der Waals surface area contributed by atoms with Crippen LogP contribution in [0.1, 0.15) is 255 Å². The highest BCUT2D eigenvalue weighted by molar-refractivity contribution is 5.75. The second-order valence-corrected chi connectivity index (χ2v) is 19.4. The quantitative estimate of drug-likeness (QED) is 0.0624. The SMILES string of the molecule is CCCCCCCCCCCCCCC(CCCCCCCCCCCCCC)NC(=O)NC(C)(C)CC(C)(C)CC(C)(C)OCCC(C)(C)OC. The van der Waals surface area contributed by atoms with E-state index in [0.29, 0.717) is 6.61 Å². The van der Waals surface area contributed by atoms with E-state index in [0.717, 1.165) is 32.1 Å². The predicted octanol–water partition coefficient (Wildman–Crippen LogP) is 15.0. The summed E-state index contributed by atoms with van der Waals surface area (Å²) < 4.78 is 11.9. The molecule has 0 heterocycles. The molecule has 0 aromatic carbocycles. The first kappa shape index (κ1) is 51.2. The fraction of sp³-hybridized carbons (Fsp3) is 0.979. The minimum atomic E-state index is -0.321. The normalized spacial score (nSPS) is 12.9. The lowest BCUT2D eigenvalue weighted by atomic mass is 9.73. The number of carbonyl (C=O) groups is 1. The summed E-state index contributed by atoms with van der Waals surface area (Å²) in [5.74, 6) is 0. The van der Waals surface area contributed by atoms with Gasteiger partial charge in [0.1, 0.15) is 0 Å². The Bertz CT molecular complexity index is 793. The van der Waals surface area contributed by atoms with Gasteiger partial charge in [0.2, 0.25) is 0 Å². The van der Waals surface area contributed by atoms with Crippen molar-refractivity contribution >= 4 is 6.03 Å². The largest absolute Gasteiger partial charge is 0.379 e. The van der Waals surface area contributed by atoms with Gasteiger partial charge < -0.3 is 20.1 Å². The van der Waals surface area contributed by atoms with Gasteiger partial charge in [0.05, 0.1) is 17.8 Å². The van der Waals surface area contributed by atoms with Crippen LogP contribution in [0.4, 0.5) is 4.79 Å². The van der Waals surface area contributed by atoms with Gasteiger partial charge in [-0.05, 0) is 79.1 Å². The molecule has 0 aliphatic carbocycles. The number of nitrogens with one attached hydrogen (secondary N) is 2. The van der Waals surface area contributed by atoms with Crippen molar-refractivity contribution in [1.29, 1.82) is 0 Å². The van der Waals surface area contributed by atoms with Gasteiger partial charge >= 0.3 is 6.03 Å². The van der Waals surface area contributed by atoms with Crippen LogP contribution >= 0.6 is 0 Å². The average molecular weight is 737 g/mol. The molecule has 0 saturated carbocycles. The first-order chi connectivity index (χ1) is 24.6. The van der Waals surface area contributed by atoms with Crippen LogP contribution in [-0.4, -0.2) is 42.5 Å². The van der Waals surface area contributed by atoms with Gasteiger partial charge in [0.25, 0.3) is 0 Å². The summed E-state index contributed by atoms with van der Waals surface area (Å²) in [5, 5.41) is 6.83. The summed E-state index contributed by atoms with van der Waals surface area (Å²) in [4.78, 5) is 13.5. The molecule has 0 aliphatic heterocycles. The Kier molecular flexibility index (Phi) is 29.9. The summed E-state index contributed by atoms with van der Waals surface area (Å²) in [5.41, 5.74) is -0.749.